The summed E-state index contributed by atoms with van der Waals surface area (Å²) in [4.78, 5) is 15.4. The van der Waals surface area contributed by atoms with Gasteiger partial charge in [0.25, 0.3) is 0 Å². The fraction of sp³-hybridized carbons (Fsp3) is 0. The van der Waals surface area contributed by atoms with Crippen LogP contribution in [0.4, 0.5) is 4.39 Å². The van der Waals surface area contributed by atoms with Gasteiger partial charge in [0.2, 0.25) is 5.95 Å². The van der Waals surface area contributed by atoms with Crippen molar-refractivity contribution in [3.8, 4) is 11.3 Å². The number of aromatic nitrogens is 4. The summed E-state index contributed by atoms with van der Waals surface area (Å²) in [5.74, 6) is -0.697. The first-order valence-electron chi connectivity index (χ1n) is 6.27. The second-order valence-electron chi connectivity index (χ2n) is 4.60. The van der Waals surface area contributed by atoms with Gasteiger partial charge in [0.15, 0.2) is 0 Å². The SMILES string of the molecule is [18F]c1nccc(-c2ccc3c(n2)[nH]c2ccncc23)c1Cl. The van der Waals surface area contributed by atoms with E-state index in [0.717, 1.165) is 16.3 Å². The third-order valence-corrected chi connectivity index (χ3v) is 3.74. The molecule has 0 atom stereocenters. The molecule has 0 bridgehead atoms. The van der Waals surface area contributed by atoms with Gasteiger partial charge in [0, 0.05) is 34.9 Å². The first-order valence-corrected chi connectivity index (χ1v) is 6.64. The van der Waals surface area contributed by atoms with Crippen LogP contribution >= 0.6 is 11.6 Å². The van der Waals surface area contributed by atoms with Crippen LogP contribution in [0.15, 0.2) is 42.9 Å². The number of H-pyrrole nitrogens is 1. The van der Waals surface area contributed by atoms with Crippen molar-refractivity contribution in [3.05, 3.63) is 53.8 Å². The van der Waals surface area contributed by atoms with Crippen LogP contribution < -0.4 is 0 Å². The highest BCUT2D eigenvalue weighted by atomic mass is 35.5. The van der Waals surface area contributed by atoms with Gasteiger partial charge in [-0.1, -0.05) is 11.6 Å². The summed E-state index contributed by atoms with van der Waals surface area (Å²) in [7, 11) is 0. The summed E-state index contributed by atoms with van der Waals surface area (Å²) in [6.45, 7) is 0. The molecule has 4 rings (SSSR count). The van der Waals surface area contributed by atoms with Crippen molar-refractivity contribution in [1.29, 1.82) is 0 Å². The molecule has 4 nitrogen and oxygen atoms in total. The molecule has 0 fully saturated rings. The van der Waals surface area contributed by atoms with Crippen LogP contribution in [0.3, 0.4) is 0 Å². The van der Waals surface area contributed by atoms with Gasteiger partial charge in [-0.3, -0.25) is 4.98 Å². The number of hydrogen-bond donors (Lipinski definition) is 1. The Kier molecular flexibility index (Phi) is 2.62. The number of hydrogen-bond acceptors (Lipinski definition) is 3. The van der Waals surface area contributed by atoms with Gasteiger partial charge in [-0.15, -0.1) is 0 Å². The summed E-state index contributed by atoms with van der Waals surface area (Å²) in [6.07, 6.45) is 4.87. The van der Waals surface area contributed by atoms with E-state index in [0.29, 0.717) is 16.9 Å². The van der Waals surface area contributed by atoms with Crippen LogP contribution in [0, 0.1) is 5.95 Å². The summed E-state index contributed by atoms with van der Waals surface area (Å²) in [5.41, 5.74) is 2.77. The predicted octanol–water partition coefficient (Wildman–Crippen LogP) is 3.97. The molecule has 21 heavy (non-hydrogen) atoms. The molecular weight excluding hydrogens is 290 g/mol. The van der Waals surface area contributed by atoms with E-state index in [-0.39, 0.29) is 5.02 Å². The number of aromatic amines is 1. The summed E-state index contributed by atoms with van der Waals surface area (Å²) >= 11 is 5.96. The Labute approximate surface area is 123 Å². The zero-order valence-electron chi connectivity index (χ0n) is 10.6. The van der Waals surface area contributed by atoms with Crippen LogP contribution in [-0.2, 0) is 0 Å². The van der Waals surface area contributed by atoms with Crippen LogP contribution in [0.5, 0.6) is 0 Å². The number of rotatable bonds is 1. The normalized spacial score (nSPS) is 11.3. The van der Waals surface area contributed by atoms with E-state index < -0.39 is 5.95 Å². The molecule has 0 unspecified atom stereocenters. The van der Waals surface area contributed by atoms with Gasteiger partial charge >= 0.3 is 0 Å². The second-order valence-corrected chi connectivity index (χ2v) is 4.98. The maximum atomic E-state index is 13.5. The maximum Gasteiger partial charge on any atom is 0.232 e. The van der Waals surface area contributed by atoms with Crippen molar-refractivity contribution in [2.24, 2.45) is 0 Å². The molecule has 0 aliphatic carbocycles. The van der Waals surface area contributed by atoms with Crippen molar-refractivity contribution >= 4 is 33.5 Å². The lowest BCUT2D eigenvalue weighted by Crippen LogP contribution is -1.90. The van der Waals surface area contributed by atoms with Gasteiger partial charge in [0.05, 0.1) is 11.2 Å². The molecule has 0 aromatic carbocycles. The van der Waals surface area contributed by atoms with Crippen LogP contribution in [-0.4, -0.2) is 19.9 Å². The number of fused-ring (bicyclic) bond motifs is 3. The van der Waals surface area contributed by atoms with E-state index >= 15 is 0 Å². The number of nitrogens with zero attached hydrogens (tertiary/aromatic N) is 3. The van der Waals surface area contributed by atoms with Gasteiger partial charge in [-0.25, -0.2) is 9.97 Å². The predicted molar refractivity (Wildman–Crippen MR) is 79.6 cm³/mol. The fourth-order valence-electron chi connectivity index (χ4n) is 2.38. The lowest BCUT2D eigenvalue weighted by atomic mass is 10.1. The lowest BCUT2D eigenvalue weighted by molar-refractivity contribution is 0.585. The monoisotopic (exact) mass is 297 g/mol. The first kappa shape index (κ1) is 12.2. The Balaban J connectivity index is 1.99. The summed E-state index contributed by atoms with van der Waals surface area (Å²) < 4.78 is 13.5. The van der Waals surface area contributed by atoms with Gasteiger partial charge in [-0.05, 0) is 24.3 Å². The second kappa shape index (κ2) is 4.49. The van der Waals surface area contributed by atoms with Crippen LogP contribution in [0.25, 0.3) is 33.2 Å². The third-order valence-electron chi connectivity index (χ3n) is 3.38. The molecule has 0 aliphatic heterocycles. The minimum atomic E-state index is -0.697. The van der Waals surface area contributed by atoms with E-state index in [2.05, 4.69) is 19.9 Å². The van der Waals surface area contributed by atoms with Gasteiger partial charge in [-0.2, -0.15) is 4.39 Å². The Morgan fingerprint density at radius 3 is 2.86 bits per heavy atom. The summed E-state index contributed by atoms with van der Waals surface area (Å²) in [6, 6.07) is 7.26. The zero-order valence-corrected chi connectivity index (χ0v) is 11.4. The molecule has 0 saturated carbocycles. The molecule has 102 valence electrons. The topological polar surface area (TPSA) is 54.5 Å². The Bertz CT molecular complexity index is 980. The minimum Gasteiger partial charge on any atom is -0.339 e. The maximum absolute atomic E-state index is 13.5. The van der Waals surface area contributed by atoms with Crippen LogP contribution in [0.1, 0.15) is 0 Å². The summed E-state index contributed by atoms with van der Waals surface area (Å²) in [5, 5.41) is 1.94. The first-order chi connectivity index (χ1) is 10.2. The molecule has 4 aromatic rings. The number of pyridine rings is 3. The largest absolute Gasteiger partial charge is 0.339 e. The highest BCUT2D eigenvalue weighted by molar-refractivity contribution is 6.33. The molecule has 0 saturated heterocycles. The Hall–Kier alpha value is -2.53. The Morgan fingerprint density at radius 1 is 1.05 bits per heavy atom. The van der Waals surface area contributed by atoms with Crippen LogP contribution in [0.2, 0.25) is 5.02 Å². The molecule has 1 N–H and O–H groups in total. The average Bonchev–Trinajstić information content (AvgIpc) is 2.87. The van der Waals surface area contributed by atoms with Gasteiger partial charge in [0.1, 0.15) is 10.7 Å². The minimum absolute atomic E-state index is 0.0258. The number of nitrogens with one attached hydrogen (secondary N) is 1. The van der Waals surface area contributed by atoms with Crippen molar-refractivity contribution < 1.29 is 4.39 Å². The number of halogens is 2. The molecule has 0 spiro atoms. The molecular formula is C15H8ClFN4. The van der Waals surface area contributed by atoms with E-state index in [1.807, 2.05) is 18.2 Å². The fourth-order valence-corrected chi connectivity index (χ4v) is 2.59. The third kappa shape index (κ3) is 1.86. The molecule has 0 amide bonds. The van der Waals surface area contributed by atoms with Crippen molar-refractivity contribution in [2.75, 3.05) is 0 Å². The molecule has 6 heteroatoms. The molecule has 4 heterocycles. The zero-order chi connectivity index (χ0) is 14.4. The smallest absolute Gasteiger partial charge is 0.232 e. The molecule has 0 radical (unpaired) electrons. The van der Waals surface area contributed by atoms with Crippen molar-refractivity contribution in [2.45, 2.75) is 0 Å². The molecule has 0 aliphatic rings. The standard InChI is InChI=1S/C15H8ClFN4/c16-13-9(3-6-19-14(13)17)11-2-1-8-10-7-18-5-4-12(10)21-15(8)20-11/h1-7H,(H,20,21)/i17-1. The van der Waals surface area contributed by atoms with E-state index in [1.165, 1.54) is 6.20 Å². The van der Waals surface area contributed by atoms with E-state index in [4.69, 9.17) is 11.6 Å². The van der Waals surface area contributed by atoms with E-state index in [9.17, 15) is 4.39 Å². The lowest BCUT2D eigenvalue weighted by Gasteiger charge is -2.03. The van der Waals surface area contributed by atoms with Crippen molar-refractivity contribution in [1.82, 2.24) is 19.9 Å². The highest BCUT2D eigenvalue weighted by Gasteiger charge is 2.12. The Morgan fingerprint density at radius 2 is 1.95 bits per heavy atom. The average molecular weight is 298 g/mol. The highest BCUT2D eigenvalue weighted by Crippen LogP contribution is 2.30. The quantitative estimate of drug-likeness (QED) is 0.541. The van der Waals surface area contributed by atoms with Crippen molar-refractivity contribution in [3.63, 3.8) is 0 Å². The molecule has 4 aromatic heterocycles. The van der Waals surface area contributed by atoms with Gasteiger partial charge < -0.3 is 4.98 Å². The van der Waals surface area contributed by atoms with E-state index in [1.54, 1.807) is 18.5 Å².